The van der Waals surface area contributed by atoms with Gasteiger partial charge in [-0.15, -0.1) is 21.1 Å². The van der Waals surface area contributed by atoms with E-state index < -0.39 is 27.4 Å². The molecular formula is C19H16F3NO5S3. The normalized spacial score (nSPS) is 21.4. The van der Waals surface area contributed by atoms with Crippen LogP contribution >= 0.6 is 23.5 Å². The van der Waals surface area contributed by atoms with E-state index in [-0.39, 0.29) is 26.9 Å². The average Bonchev–Trinajstić information content (AvgIpc) is 2.86. The number of benzene rings is 1. The number of fused-ring (bicyclic) bond motifs is 3. The third-order valence-corrected chi connectivity index (χ3v) is 8.61. The van der Waals surface area contributed by atoms with Crippen molar-refractivity contribution in [3.8, 4) is 0 Å². The Morgan fingerprint density at radius 2 is 1.65 bits per heavy atom. The topological polar surface area (TPSA) is 80.8 Å². The largest absolute Gasteiger partial charge is 0.525 e. The minimum atomic E-state index is -6.16. The van der Waals surface area contributed by atoms with Crippen molar-refractivity contribution in [2.75, 3.05) is 0 Å². The van der Waals surface area contributed by atoms with Gasteiger partial charge in [-0.25, -0.2) is 0 Å². The zero-order chi connectivity index (χ0) is 22.9. The highest BCUT2D eigenvalue weighted by atomic mass is 32.2. The lowest BCUT2D eigenvalue weighted by Gasteiger charge is -2.32. The zero-order valence-corrected chi connectivity index (χ0v) is 18.9. The fraction of sp³-hybridized carbons (Fsp3) is 0.368. The monoisotopic (exact) mass is 491 g/mol. The summed E-state index contributed by atoms with van der Waals surface area (Å²) in [5, 5.41) is -0.230. The van der Waals surface area contributed by atoms with Crippen molar-refractivity contribution < 1.29 is 35.5 Å². The quantitative estimate of drug-likeness (QED) is 0.430. The molecule has 166 valence electrons. The van der Waals surface area contributed by atoms with Crippen LogP contribution in [0.1, 0.15) is 47.9 Å². The van der Waals surface area contributed by atoms with Crippen LogP contribution in [0.2, 0.25) is 0 Å². The number of rotatable bonds is 2. The Kier molecular flexibility index (Phi) is 5.15. The van der Waals surface area contributed by atoms with Gasteiger partial charge in [0.2, 0.25) is 0 Å². The van der Waals surface area contributed by atoms with Crippen LogP contribution in [0.5, 0.6) is 0 Å². The molecule has 12 heteroatoms. The molecule has 31 heavy (non-hydrogen) atoms. The summed E-state index contributed by atoms with van der Waals surface area (Å²) in [7, 11) is -6.16. The van der Waals surface area contributed by atoms with Crippen LogP contribution in [0, 0.1) is 5.41 Å². The maximum absolute atomic E-state index is 12.6. The predicted molar refractivity (Wildman–Crippen MR) is 109 cm³/mol. The van der Waals surface area contributed by atoms with Gasteiger partial charge in [0.05, 0.1) is 11.1 Å². The Labute approximate surface area is 185 Å². The van der Waals surface area contributed by atoms with E-state index in [1.54, 1.807) is 0 Å². The van der Waals surface area contributed by atoms with Crippen molar-refractivity contribution in [2.45, 2.75) is 47.7 Å². The summed E-state index contributed by atoms with van der Waals surface area (Å²) in [4.78, 5) is 27.4. The number of nitrogens with zero attached hydrogens (tertiary/aromatic N) is 1. The number of thioether (sulfide) groups is 2. The molecule has 0 spiro atoms. The van der Waals surface area contributed by atoms with Gasteiger partial charge in [0.1, 0.15) is 0 Å². The Balaban J connectivity index is 1.66. The number of carbonyl (C=O) groups excluding carboxylic acids is 2. The highest BCUT2D eigenvalue weighted by Gasteiger charge is 2.52. The first-order valence-electron chi connectivity index (χ1n) is 9.03. The van der Waals surface area contributed by atoms with Crippen LogP contribution in [0.3, 0.4) is 0 Å². The van der Waals surface area contributed by atoms with E-state index in [9.17, 15) is 31.2 Å². The van der Waals surface area contributed by atoms with Gasteiger partial charge in [0, 0.05) is 19.9 Å². The number of hydrogen-bond donors (Lipinski definition) is 0. The number of halogens is 3. The highest BCUT2D eigenvalue weighted by molar-refractivity contribution is 8.08. The number of imide groups is 1. The van der Waals surface area contributed by atoms with E-state index >= 15 is 0 Å². The molecule has 0 bridgehead atoms. The van der Waals surface area contributed by atoms with Gasteiger partial charge in [-0.3, -0.25) is 9.59 Å². The van der Waals surface area contributed by atoms with E-state index in [2.05, 4.69) is 37.2 Å². The van der Waals surface area contributed by atoms with Gasteiger partial charge in [-0.1, -0.05) is 38.6 Å². The number of hydroxylamine groups is 2. The molecule has 1 aliphatic carbocycles. The Morgan fingerprint density at radius 1 is 1.06 bits per heavy atom. The second kappa shape index (κ2) is 7.12. The van der Waals surface area contributed by atoms with E-state index in [1.165, 1.54) is 41.2 Å². The molecule has 1 aromatic carbocycles. The Hall–Kier alpha value is -1.76. The van der Waals surface area contributed by atoms with Crippen LogP contribution in [0.15, 0.2) is 44.6 Å². The van der Waals surface area contributed by atoms with E-state index in [1.807, 2.05) is 0 Å². The molecule has 0 aromatic heterocycles. The van der Waals surface area contributed by atoms with Crippen LogP contribution < -0.4 is 0 Å². The molecule has 2 aliphatic heterocycles. The maximum atomic E-state index is 12.6. The van der Waals surface area contributed by atoms with Crippen LogP contribution in [0.4, 0.5) is 13.2 Å². The van der Waals surface area contributed by atoms with Gasteiger partial charge in [-0.2, -0.15) is 21.6 Å². The molecule has 0 saturated carbocycles. The SMILES string of the molecule is CC(C)(C)C1=CCC2Sc3cc4c(cc3SC2=C1)C(=O)N(OS(=O)(=O)C(F)(F)F)C4=O. The second-order valence-corrected chi connectivity index (χ2v) is 12.0. The lowest BCUT2D eigenvalue weighted by atomic mass is 9.83. The van der Waals surface area contributed by atoms with Gasteiger partial charge in [-0.05, 0) is 35.6 Å². The summed E-state index contributed by atoms with van der Waals surface area (Å²) >= 11 is 2.91. The highest BCUT2D eigenvalue weighted by Crippen LogP contribution is 2.52. The van der Waals surface area contributed by atoms with Crippen molar-refractivity contribution in [3.63, 3.8) is 0 Å². The fourth-order valence-corrected chi connectivity index (χ4v) is 6.29. The number of carbonyl (C=O) groups is 2. The minimum absolute atomic E-state index is 0.0361. The third-order valence-electron chi connectivity index (χ3n) is 4.90. The van der Waals surface area contributed by atoms with Gasteiger partial charge in [0.25, 0.3) is 11.8 Å². The molecule has 0 radical (unpaired) electrons. The summed E-state index contributed by atoms with van der Waals surface area (Å²) in [6.07, 6.45) is 5.03. The molecule has 2 amide bonds. The lowest BCUT2D eigenvalue weighted by Crippen LogP contribution is -2.37. The molecule has 6 nitrogen and oxygen atoms in total. The first kappa shape index (κ1) is 22.4. The first-order valence-corrected chi connectivity index (χ1v) is 12.1. The summed E-state index contributed by atoms with van der Waals surface area (Å²) in [5.74, 6) is -2.50. The smallest absolute Gasteiger partial charge is 0.266 e. The van der Waals surface area contributed by atoms with Gasteiger partial charge in [0.15, 0.2) is 0 Å². The minimum Gasteiger partial charge on any atom is -0.266 e. The van der Waals surface area contributed by atoms with E-state index in [0.717, 1.165) is 11.3 Å². The van der Waals surface area contributed by atoms with Crippen molar-refractivity contribution in [1.29, 1.82) is 0 Å². The molecule has 0 N–H and O–H groups in total. The molecule has 3 aliphatic rings. The predicted octanol–water partition coefficient (Wildman–Crippen LogP) is 4.89. The first-order chi connectivity index (χ1) is 14.2. The number of hydrogen-bond acceptors (Lipinski definition) is 7. The van der Waals surface area contributed by atoms with Crippen LogP contribution in [0.25, 0.3) is 0 Å². The second-order valence-electron chi connectivity index (χ2n) is 8.12. The van der Waals surface area contributed by atoms with Crippen LogP contribution in [-0.4, -0.2) is 36.1 Å². The molecule has 0 fully saturated rings. The molecular weight excluding hydrogens is 475 g/mol. The number of alkyl halides is 3. The molecule has 2 heterocycles. The molecule has 1 atom stereocenters. The lowest BCUT2D eigenvalue weighted by molar-refractivity contribution is -0.0748. The van der Waals surface area contributed by atoms with E-state index in [4.69, 9.17) is 0 Å². The number of amides is 2. The van der Waals surface area contributed by atoms with Gasteiger partial charge >= 0.3 is 15.6 Å². The summed E-state index contributed by atoms with van der Waals surface area (Å²) in [5.41, 5.74) is -5.02. The van der Waals surface area contributed by atoms with Crippen molar-refractivity contribution >= 4 is 45.5 Å². The standard InChI is InChI=1S/C19H16F3NO5S3/c1-18(2,3)9-4-5-12-13(6-9)30-15-8-11-10(7-14(15)29-12)16(24)23(17(11)25)28-31(26,27)19(20,21)22/h4,6-8,12H,5H2,1-3H3. The molecule has 0 saturated heterocycles. The summed E-state index contributed by atoms with van der Waals surface area (Å²) < 4.78 is 64.2. The van der Waals surface area contributed by atoms with E-state index in [0.29, 0.717) is 9.79 Å². The zero-order valence-electron chi connectivity index (χ0n) is 16.4. The average molecular weight is 492 g/mol. The van der Waals surface area contributed by atoms with Crippen molar-refractivity contribution in [2.24, 2.45) is 5.41 Å². The third kappa shape index (κ3) is 3.83. The maximum Gasteiger partial charge on any atom is 0.525 e. The number of allylic oxidation sites excluding steroid dienone is 3. The van der Waals surface area contributed by atoms with Crippen molar-refractivity contribution in [1.82, 2.24) is 5.06 Å². The summed E-state index contributed by atoms with van der Waals surface area (Å²) in [6, 6.07) is 2.81. The van der Waals surface area contributed by atoms with Crippen molar-refractivity contribution in [3.05, 3.63) is 45.9 Å². The fourth-order valence-electron chi connectivity index (χ4n) is 3.26. The Morgan fingerprint density at radius 3 is 2.19 bits per heavy atom. The molecule has 1 aromatic rings. The molecule has 4 rings (SSSR count). The summed E-state index contributed by atoms with van der Waals surface area (Å²) in [6.45, 7) is 6.31. The van der Waals surface area contributed by atoms with Crippen LogP contribution in [-0.2, 0) is 14.4 Å². The molecule has 1 unspecified atom stereocenters. The Bertz CT molecular complexity index is 1180. The van der Waals surface area contributed by atoms with Gasteiger partial charge < -0.3 is 0 Å².